The van der Waals surface area contributed by atoms with Crippen molar-refractivity contribution in [1.29, 1.82) is 0 Å². The molecule has 0 fully saturated rings. The van der Waals surface area contributed by atoms with Crippen molar-refractivity contribution in [2.45, 2.75) is 32.9 Å². The molecule has 3 nitrogen and oxygen atoms in total. The van der Waals surface area contributed by atoms with Crippen LogP contribution in [0.25, 0.3) is 0 Å². The molecule has 4 heteroatoms. The molecule has 1 aromatic rings. The molecular formula is C13H18BrN3. The monoisotopic (exact) mass is 295 g/mol. The SMILES string of the molecule is Cc1ccc(C2CN=C(N)N2C(C)C)c(Br)c1. The molecule has 0 saturated heterocycles. The summed E-state index contributed by atoms with van der Waals surface area (Å²) in [6, 6.07) is 7.05. The van der Waals surface area contributed by atoms with Crippen molar-refractivity contribution in [3.63, 3.8) is 0 Å². The van der Waals surface area contributed by atoms with Gasteiger partial charge in [0.1, 0.15) is 0 Å². The summed E-state index contributed by atoms with van der Waals surface area (Å²) in [5.41, 5.74) is 8.46. The molecule has 0 spiro atoms. The lowest BCUT2D eigenvalue weighted by atomic mass is 10.0. The predicted molar refractivity (Wildman–Crippen MR) is 75.1 cm³/mol. The fraction of sp³-hybridized carbons (Fsp3) is 0.462. The standard InChI is InChI=1S/C13H18BrN3/c1-8(2)17-12(7-16-13(17)15)10-5-4-9(3)6-11(10)14/h4-6,8,12H,7H2,1-3H3,(H2,15,16). The maximum Gasteiger partial charge on any atom is 0.192 e. The Hall–Kier alpha value is -1.03. The van der Waals surface area contributed by atoms with Crippen molar-refractivity contribution in [3.05, 3.63) is 33.8 Å². The quantitative estimate of drug-likeness (QED) is 0.912. The molecule has 0 saturated carbocycles. The van der Waals surface area contributed by atoms with Crippen molar-refractivity contribution in [2.75, 3.05) is 6.54 Å². The van der Waals surface area contributed by atoms with Gasteiger partial charge in [0.2, 0.25) is 0 Å². The molecule has 1 unspecified atom stereocenters. The van der Waals surface area contributed by atoms with Crippen LogP contribution in [0.5, 0.6) is 0 Å². The van der Waals surface area contributed by atoms with Gasteiger partial charge in [-0.25, -0.2) is 0 Å². The molecule has 0 radical (unpaired) electrons. The van der Waals surface area contributed by atoms with Crippen LogP contribution in [0.2, 0.25) is 0 Å². The lowest BCUT2D eigenvalue weighted by Crippen LogP contribution is -2.41. The minimum absolute atomic E-state index is 0.255. The van der Waals surface area contributed by atoms with Crippen LogP contribution in [0, 0.1) is 6.92 Å². The Kier molecular flexibility index (Phi) is 3.43. The fourth-order valence-electron chi connectivity index (χ4n) is 2.28. The van der Waals surface area contributed by atoms with Gasteiger partial charge in [-0.2, -0.15) is 0 Å². The zero-order chi connectivity index (χ0) is 12.6. The summed E-state index contributed by atoms with van der Waals surface area (Å²) in [7, 11) is 0. The number of nitrogens with two attached hydrogens (primary N) is 1. The normalized spacial score (nSPS) is 19.9. The number of hydrogen-bond donors (Lipinski definition) is 1. The van der Waals surface area contributed by atoms with E-state index in [1.807, 2.05) is 0 Å². The maximum absolute atomic E-state index is 5.95. The number of hydrogen-bond acceptors (Lipinski definition) is 3. The largest absolute Gasteiger partial charge is 0.370 e. The minimum atomic E-state index is 0.255. The second-order valence-electron chi connectivity index (χ2n) is 4.74. The van der Waals surface area contributed by atoms with Gasteiger partial charge in [0, 0.05) is 10.5 Å². The number of halogens is 1. The van der Waals surface area contributed by atoms with E-state index in [0.29, 0.717) is 12.0 Å². The lowest BCUT2D eigenvalue weighted by Gasteiger charge is -2.31. The van der Waals surface area contributed by atoms with Gasteiger partial charge >= 0.3 is 0 Å². The van der Waals surface area contributed by atoms with Gasteiger partial charge in [-0.1, -0.05) is 28.1 Å². The van der Waals surface area contributed by atoms with Gasteiger partial charge < -0.3 is 10.6 Å². The molecular weight excluding hydrogens is 278 g/mol. The van der Waals surface area contributed by atoms with E-state index in [9.17, 15) is 0 Å². The Bertz CT molecular complexity index is 454. The Morgan fingerprint density at radius 3 is 2.76 bits per heavy atom. The highest BCUT2D eigenvalue weighted by Crippen LogP contribution is 2.32. The molecule has 1 aliphatic heterocycles. The maximum atomic E-state index is 5.95. The average molecular weight is 296 g/mol. The second-order valence-corrected chi connectivity index (χ2v) is 5.60. The summed E-state index contributed by atoms with van der Waals surface area (Å²) in [5.74, 6) is 0.650. The van der Waals surface area contributed by atoms with Crippen molar-refractivity contribution in [2.24, 2.45) is 10.7 Å². The molecule has 2 N–H and O–H groups in total. The van der Waals surface area contributed by atoms with Crippen LogP contribution in [0.15, 0.2) is 27.7 Å². The van der Waals surface area contributed by atoms with E-state index >= 15 is 0 Å². The molecule has 0 aliphatic carbocycles. The number of rotatable bonds is 2. The highest BCUT2D eigenvalue weighted by molar-refractivity contribution is 9.10. The molecule has 2 rings (SSSR count). The summed E-state index contributed by atoms with van der Waals surface area (Å²) < 4.78 is 1.14. The Balaban J connectivity index is 2.35. The first-order chi connectivity index (χ1) is 8.00. The van der Waals surface area contributed by atoms with E-state index in [1.54, 1.807) is 0 Å². The van der Waals surface area contributed by atoms with Gasteiger partial charge in [0.25, 0.3) is 0 Å². The van der Waals surface area contributed by atoms with Crippen LogP contribution >= 0.6 is 15.9 Å². The minimum Gasteiger partial charge on any atom is -0.370 e. The van der Waals surface area contributed by atoms with Gasteiger partial charge in [-0.15, -0.1) is 0 Å². The van der Waals surface area contributed by atoms with E-state index in [2.05, 4.69) is 64.8 Å². The third-order valence-electron chi connectivity index (χ3n) is 3.10. The molecule has 1 atom stereocenters. The fourth-order valence-corrected chi connectivity index (χ4v) is 3.04. The van der Waals surface area contributed by atoms with E-state index in [4.69, 9.17) is 5.73 Å². The van der Waals surface area contributed by atoms with Gasteiger partial charge in [-0.3, -0.25) is 4.99 Å². The van der Waals surface area contributed by atoms with Crippen molar-refractivity contribution in [3.8, 4) is 0 Å². The first kappa shape index (κ1) is 12.4. The molecule has 92 valence electrons. The van der Waals surface area contributed by atoms with E-state index in [0.717, 1.165) is 11.0 Å². The molecule has 0 bridgehead atoms. The number of nitrogens with zero attached hydrogens (tertiary/aromatic N) is 2. The van der Waals surface area contributed by atoms with Gasteiger partial charge in [0.05, 0.1) is 12.6 Å². The van der Waals surface area contributed by atoms with Crippen molar-refractivity contribution in [1.82, 2.24) is 4.90 Å². The number of guanidine groups is 1. The first-order valence-corrected chi connectivity index (χ1v) is 6.64. The third-order valence-corrected chi connectivity index (χ3v) is 3.78. The van der Waals surface area contributed by atoms with E-state index in [-0.39, 0.29) is 6.04 Å². The van der Waals surface area contributed by atoms with Gasteiger partial charge in [0.15, 0.2) is 5.96 Å². The summed E-state index contributed by atoms with van der Waals surface area (Å²) >= 11 is 3.64. The van der Waals surface area contributed by atoms with Crippen LogP contribution in [-0.4, -0.2) is 23.4 Å². The van der Waals surface area contributed by atoms with Crippen LogP contribution < -0.4 is 5.73 Å². The zero-order valence-electron chi connectivity index (χ0n) is 10.4. The van der Waals surface area contributed by atoms with Crippen LogP contribution in [-0.2, 0) is 0 Å². The summed E-state index contributed by atoms with van der Waals surface area (Å²) in [6.07, 6.45) is 0. The molecule has 1 aliphatic rings. The second kappa shape index (κ2) is 4.69. The Morgan fingerprint density at radius 1 is 1.47 bits per heavy atom. The molecule has 0 amide bonds. The predicted octanol–water partition coefficient (Wildman–Crippen LogP) is 2.84. The molecule has 17 heavy (non-hydrogen) atoms. The lowest BCUT2D eigenvalue weighted by molar-refractivity contribution is 0.289. The highest BCUT2D eigenvalue weighted by atomic mass is 79.9. The average Bonchev–Trinajstić information content (AvgIpc) is 2.60. The number of aliphatic imine (C=N–C) groups is 1. The number of benzene rings is 1. The van der Waals surface area contributed by atoms with Crippen molar-refractivity contribution >= 4 is 21.9 Å². The van der Waals surface area contributed by atoms with Crippen LogP contribution in [0.4, 0.5) is 0 Å². The van der Waals surface area contributed by atoms with Crippen LogP contribution in [0.1, 0.15) is 31.0 Å². The van der Waals surface area contributed by atoms with Gasteiger partial charge in [-0.05, 0) is 38.0 Å². The summed E-state index contributed by atoms with van der Waals surface area (Å²) in [6.45, 7) is 7.12. The number of aryl methyl sites for hydroxylation is 1. The van der Waals surface area contributed by atoms with Crippen LogP contribution in [0.3, 0.4) is 0 Å². The van der Waals surface area contributed by atoms with E-state index < -0.39 is 0 Å². The molecule has 1 aromatic carbocycles. The highest BCUT2D eigenvalue weighted by Gasteiger charge is 2.30. The topological polar surface area (TPSA) is 41.6 Å². The smallest absolute Gasteiger partial charge is 0.192 e. The van der Waals surface area contributed by atoms with E-state index in [1.165, 1.54) is 11.1 Å². The molecule has 1 heterocycles. The summed E-state index contributed by atoms with van der Waals surface area (Å²) in [4.78, 5) is 6.54. The molecule has 0 aromatic heterocycles. The first-order valence-electron chi connectivity index (χ1n) is 5.85. The zero-order valence-corrected chi connectivity index (χ0v) is 12.0. The Morgan fingerprint density at radius 2 is 2.18 bits per heavy atom. The Labute approximate surface area is 111 Å². The summed E-state index contributed by atoms with van der Waals surface area (Å²) in [5, 5.41) is 0. The third kappa shape index (κ3) is 2.32. The van der Waals surface area contributed by atoms with Crippen molar-refractivity contribution < 1.29 is 0 Å².